The number of nitrogens with zero attached hydrogens (tertiary/aromatic N) is 3. The summed E-state index contributed by atoms with van der Waals surface area (Å²) < 4.78 is 14.4. The Balaban J connectivity index is 1.38. The Bertz CT molecular complexity index is 1380. The van der Waals surface area contributed by atoms with Gasteiger partial charge in [-0.2, -0.15) is 0 Å². The number of nitrogens with two attached hydrogens (primary N) is 1. The molecule has 10 heteroatoms. The van der Waals surface area contributed by atoms with Crippen LogP contribution in [0.4, 0.5) is 0 Å². The van der Waals surface area contributed by atoms with Gasteiger partial charge in [0.1, 0.15) is 29.9 Å². The average molecular weight is 540 g/mol. The summed E-state index contributed by atoms with van der Waals surface area (Å²) in [6.45, 7) is 7.57. The number of pyridine rings is 1. The van der Waals surface area contributed by atoms with Gasteiger partial charge in [-0.15, -0.1) is 11.3 Å². The molecule has 4 heterocycles. The van der Waals surface area contributed by atoms with Crippen molar-refractivity contribution in [3.8, 4) is 22.1 Å². The van der Waals surface area contributed by atoms with Crippen molar-refractivity contribution in [2.45, 2.75) is 19.4 Å². The summed E-state index contributed by atoms with van der Waals surface area (Å²) in [4.78, 5) is 20.4. The molecule has 1 amide bonds. The summed E-state index contributed by atoms with van der Waals surface area (Å²) in [5.41, 5.74) is 8.12. The van der Waals surface area contributed by atoms with Crippen LogP contribution in [0.2, 0.25) is 5.02 Å². The maximum absolute atomic E-state index is 11.8. The quantitative estimate of drug-likeness (QED) is 0.314. The van der Waals surface area contributed by atoms with E-state index in [-0.39, 0.29) is 12.5 Å². The molecule has 8 nitrogen and oxygen atoms in total. The number of amides is 1. The lowest BCUT2D eigenvalue weighted by Gasteiger charge is -2.26. The van der Waals surface area contributed by atoms with Crippen molar-refractivity contribution >= 4 is 34.5 Å². The molecule has 3 N–H and O–H groups in total. The number of imidazole rings is 1. The molecular weight excluding hydrogens is 510 g/mol. The fraction of sp³-hybridized carbons (Fsp3) is 0.333. The summed E-state index contributed by atoms with van der Waals surface area (Å²) in [6, 6.07) is 13.4. The van der Waals surface area contributed by atoms with Crippen LogP contribution in [0, 0.1) is 0 Å². The molecule has 1 saturated heterocycles. The first-order valence-electron chi connectivity index (χ1n) is 12.3. The van der Waals surface area contributed by atoms with Gasteiger partial charge in [0.25, 0.3) is 0 Å². The van der Waals surface area contributed by atoms with Crippen LogP contribution in [0.25, 0.3) is 16.2 Å². The second kappa shape index (κ2) is 11.5. The molecule has 37 heavy (non-hydrogen) atoms. The van der Waals surface area contributed by atoms with Crippen LogP contribution in [-0.4, -0.2) is 59.5 Å². The molecule has 1 aromatic carbocycles. The van der Waals surface area contributed by atoms with Crippen LogP contribution in [0.1, 0.15) is 23.5 Å². The highest BCUT2D eigenvalue weighted by Gasteiger charge is 2.20. The van der Waals surface area contributed by atoms with Gasteiger partial charge < -0.3 is 20.5 Å². The molecule has 1 unspecified atom stereocenters. The molecule has 194 valence electrons. The average Bonchev–Trinajstić information content (AvgIpc) is 3.48. The Kier molecular flexibility index (Phi) is 7.95. The van der Waals surface area contributed by atoms with Gasteiger partial charge in [0.2, 0.25) is 5.91 Å². The molecule has 1 fully saturated rings. The van der Waals surface area contributed by atoms with Crippen LogP contribution < -0.4 is 20.5 Å². The van der Waals surface area contributed by atoms with E-state index in [9.17, 15) is 4.79 Å². The number of ether oxygens (including phenoxy) is 2. The molecule has 1 aliphatic rings. The number of hydrogen-bond acceptors (Lipinski definition) is 7. The number of primary amides is 1. The minimum atomic E-state index is -0.415. The Labute approximate surface area is 225 Å². The standard InChI is InChI=1S/C27H30ClN5O3S/c1-18(20-4-2-3-5-21(20)28)36-23-14-24(37-25(23)15-26(29)34)22-16-31-27-7-6-19(17-33(22)27)35-13-12-32-10-8-30-9-11-32/h2-7,14,16-18,30H,8-13,15H2,1H3,(H2,29,34). The predicted molar refractivity (Wildman–Crippen MR) is 147 cm³/mol. The number of nitrogens with one attached hydrogen (secondary N) is 1. The van der Waals surface area contributed by atoms with E-state index in [2.05, 4.69) is 15.2 Å². The number of thiophene rings is 1. The van der Waals surface area contributed by atoms with Crippen LogP contribution in [-0.2, 0) is 11.2 Å². The van der Waals surface area contributed by atoms with Crippen molar-refractivity contribution in [1.82, 2.24) is 19.6 Å². The zero-order valence-electron chi connectivity index (χ0n) is 20.7. The molecule has 3 aromatic heterocycles. The smallest absolute Gasteiger partial charge is 0.222 e. The minimum Gasteiger partial charge on any atom is -0.491 e. The van der Waals surface area contributed by atoms with Gasteiger partial charge in [-0.3, -0.25) is 14.1 Å². The number of benzene rings is 1. The molecule has 0 aliphatic carbocycles. The molecular formula is C27H30ClN5O3S. The lowest BCUT2D eigenvalue weighted by molar-refractivity contribution is -0.117. The van der Waals surface area contributed by atoms with Gasteiger partial charge in [0.05, 0.1) is 34.3 Å². The van der Waals surface area contributed by atoms with E-state index < -0.39 is 5.91 Å². The third kappa shape index (κ3) is 6.07. The SMILES string of the molecule is CC(Oc1cc(-c2cnc3ccc(OCCN4CCNCC4)cn23)sc1CC(N)=O)c1ccccc1Cl. The van der Waals surface area contributed by atoms with E-state index in [4.69, 9.17) is 26.8 Å². The van der Waals surface area contributed by atoms with Crippen LogP contribution in [0.3, 0.4) is 0 Å². The maximum atomic E-state index is 11.8. The Morgan fingerprint density at radius 2 is 2.05 bits per heavy atom. The van der Waals surface area contributed by atoms with Crippen molar-refractivity contribution < 1.29 is 14.3 Å². The second-order valence-electron chi connectivity index (χ2n) is 9.00. The largest absolute Gasteiger partial charge is 0.491 e. The topological polar surface area (TPSA) is 94.1 Å². The van der Waals surface area contributed by atoms with Gasteiger partial charge >= 0.3 is 0 Å². The van der Waals surface area contributed by atoms with E-state index in [1.807, 2.05) is 66.2 Å². The third-order valence-electron chi connectivity index (χ3n) is 6.37. The maximum Gasteiger partial charge on any atom is 0.222 e. The summed E-state index contributed by atoms with van der Waals surface area (Å²) in [5, 5.41) is 4.00. The summed E-state index contributed by atoms with van der Waals surface area (Å²) >= 11 is 7.85. The Hall–Kier alpha value is -3.11. The molecule has 0 spiro atoms. The number of fused-ring (bicyclic) bond motifs is 1. The second-order valence-corrected chi connectivity index (χ2v) is 10.5. The lowest BCUT2D eigenvalue weighted by Crippen LogP contribution is -2.44. The van der Waals surface area contributed by atoms with Crippen molar-refractivity contribution in [3.05, 3.63) is 70.3 Å². The number of carbonyl (C=O) groups excluding carboxylic acids is 1. The highest BCUT2D eigenvalue weighted by molar-refractivity contribution is 7.15. The zero-order chi connectivity index (χ0) is 25.8. The van der Waals surface area contributed by atoms with Crippen molar-refractivity contribution in [3.63, 3.8) is 0 Å². The fourth-order valence-electron chi connectivity index (χ4n) is 4.43. The third-order valence-corrected chi connectivity index (χ3v) is 7.85. The van der Waals surface area contributed by atoms with Gasteiger partial charge in [0, 0.05) is 49.4 Å². The highest BCUT2D eigenvalue weighted by atomic mass is 35.5. The Morgan fingerprint density at radius 1 is 1.24 bits per heavy atom. The minimum absolute atomic E-state index is 0.0896. The van der Waals surface area contributed by atoms with Crippen LogP contribution in [0.15, 0.2) is 54.9 Å². The summed E-state index contributed by atoms with van der Waals surface area (Å²) in [7, 11) is 0. The normalized spacial score (nSPS) is 15.1. The van der Waals surface area contributed by atoms with E-state index in [0.717, 1.165) is 65.1 Å². The van der Waals surface area contributed by atoms with E-state index in [1.165, 1.54) is 11.3 Å². The molecule has 0 saturated carbocycles. The van der Waals surface area contributed by atoms with Crippen molar-refractivity contribution in [2.75, 3.05) is 39.3 Å². The van der Waals surface area contributed by atoms with Gasteiger partial charge in [0.15, 0.2) is 0 Å². The number of carbonyl (C=O) groups is 1. The first-order valence-corrected chi connectivity index (χ1v) is 13.5. The first-order chi connectivity index (χ1) is 18.0. The fourth-order valence-corrected chi connectivity index (χ4v) is 5.83. The van der Waals surface area contributed by atoms with Crippen molar-refractivity contribution in [2.24, 2.45) is 5.73 Å². The number of aromatic nitrogens is 2. The molecule has 0 bridgehead atoms. The first kappa shape index (κ1) is 25.5. The number of rotatable bonds is 10. The summed E-state index contributed by atoms with van der Waals surface area (Å²) in [6.07, 6.45) is 3.56. The zero-order valence-corrected chi connectivity index (χ0v) is 22.2. The molecule has 1 atom stereocenters. The summed E-state index contributed by atoms with van der Waals surface area (Å²) in [5.74, 6) is 0.978. The molecule has 4 aromatic rings. The van der Waals surface area contributed by atoms with Gasteiger partial charge in [-0.25, -0.2) is 4.98 Å². The predicted octanol–water partition coefficient (Wildman–Crippen LogP) is 4.17. The van der Waals surface area contributed by atoms with E-state index in [1.54, 1.807) is 0 Å². The molecule has 5 rings (SSSR count). The monoisotopic (exact) mass is 539 g/mol. The number of halogens is 1. The highest BCUT2D eigenvalue weighted by Crippen LogP contribution is 2.39. The Morgan fingerprint density at radius 3 is 2.84 bits per heavy atom. The molecule has 0 radical (unpaired) electrons. The van der Waals surface area contributed by atoms with Crippen LogP contribution in [0.5, 0.6) is 11.5 Å². The van der Waals surface area contributed by atoms with Gasteiger partial charge in [-0.05, 0) is 25.1 Å². The van der Waals surface area contributed by atoms with Crippen molar-refractivity contribution in [1.29, 1.82) is 0 Å². The lowest BCUT2D eigenvalue weighted by atomic mass is 10.1. The van der Waals surface area contributed by atoms with Gasteiger partial charge in [-0.1, -0.05) is 29.8 Å². The van der Waals surface area contributed by atoms with E-state index in [0.29, 0.717) is 17.4 Å². The number of piperazine rings is 1. The van der Waals surface area contributed by atoms with E-state index >= 15 is 0 Å². The number of hydrogen-bond donors (Lipinski definition) is 2. The van der Waals surface area contributed by atoms with Crippen LogP contribution >= 0.6 is 22.9 Å². The molecule has 1 aliphatic heterocycles.